The van der Waals surface area contributed by atoms with Crippen molar-refractivity contribution in [1.82, 2.24) is 18.3 Å². The molecule has 71 heavy (non-hydrogen) atoms. The van der Waals surface area contributed by atoms with Crippen molar-refractivity contribution in [2.45, 2.75) is 20.3 Å². The topological polar surface area (TPSA) is 67.3 Å². The summed E-state index contributed by atoms with van der Waals surface area (Å²) in [6, 6.07) is 73.9. The number of aryl methyl sites for hydroxylation is 1. The Hall–Kier alpha value is -9.62. The molecule has 0 atom stereocenters. The van der Waals surface area contributed by atoms with E-state index in [4.69, 9.17) is 0 Å². The van der Waals surface area contributed by atoms with Gasteiger partial charge in [-0.15, -0.1) is 0 Å². The molecule has 10 aromatic carbocycles. The highest BCUT2D eigenvalue weighted by Gasteiger charge is 2.26. The van der Waals surface area contributed by atoms with Gasteiger partial charge >= 0.3 is 0 Å². The lowest BCUT2D eigenvalue weighted by atomic mass is 10.0. The van der Waals surface area contributed by atoms with Crippen molar-refractivity contribution in [2.24, 2.45) is 0 Å². The van der Waals surface area contributed by atoms with Crippen molar-refractivity contribution in [1.29, 1.82) is 10.5 Å². The van der Waals surface area contributed by atoms with Crippen LogP contribution >= 0.6 is 0 Å². The molecule has 14 rings (SSSR count). The number of nitrogens with zero attached hydrogens (tertiary/aromatic N) is 6. The smallest absolute Gasteiger partial charge is 0.104 e. The Balaban J connectivity index is 1.07. The van der Waals surface area contributed by atoms with Crippen LogP contribution in [0, 0.1) is 29.6 Å². The lowest BCUT2D eigenvalue weighted by molar-refractivity contribution is 1.09. The van der Waals surface area contributed by atoms with E-state index in [1.54, 1.807) is 0 Å². The average molecular weight is 907 g/mol. The highest BCUT2D eigenvalue weighted by atomic mass is 15.0. The van der Waals surface area contributed by atoms with Gasteiger partial charge in [-0.2, -0.15) is 10.5 Å². The Morgan fingerprint density at radius 2 is 0.901 bits per heavy atom. The van der Waals surface area contributed by atoms with E-state index in [1.165, 1.54) is 21.7 Å². The van der Waals surface area contributed by atoms with Crippen LogP contribution in [0.15, 0.2) is 200 Å². The second-order valence-electron chi connectivity index (χ2n) is 18.6. The third kappa shape index (κ3) is 5.68. The monoisotopic (exact) mass is 906 g/mol. The first-order chi connectivity index (χ1) is 35.1. The molecule has 0 radical (unpaired) electrons. The predicted molar refractivity (Wildman–Crippen MR) is 295 cm³/mol. The molecule has 6 nitrogen and oxygen atoms in total. The molecule has 0 aliphatic heterocycles. The van der Waals surface area contributed by atoms with Gasteiger partial charge in [0, 0.05) is 54.8 Å². The van der Waals surface area contributed by atoms with Crippen LogP contribution < -0.4 is 0 Å². The summed E-state index contributed by atoms with van der Waals surface area (Å²) in [6.45, 7) is 4.38. The first-order valence-corrected chi connectivity index (χ1v) is 24.2. The number of allylic oxidation sites excluding steroid dienone is 1. The number of para-hydroxylation sites is 3. The second kappa shape index (κ2) is 15.5. The third-order valence-corrected chi connectivity index (χ3v) is 14.9. The van der Waals surface area contributed by atoms with E-state index in [1.807, 2.05) is 12.1 Å². The maximum atomic E-state index is 11.7. The molecule has 4 aromatic heterocycles. The van der Waals surface area contributed by atoms with Gasteiger partial charge < -0.3 is 18.3 Å². The zero-order valence-corrected chi connectivity index (χ0v) is 39.0. The Labute approximate surface area is 408 Å². The van der Waals surface area contributed by atoms with Gasteiger partial charge in [0.1, 0.15) is 17.7 Å². The van der Waals surface area contributed by atoms with Gasteiger partial charge in [-0.05, 0) is 125 Å². The Morgan fingerprint density at radius 1 is 0.423 bits per heavy atom. The predicted octanol–water partition coefficient (Wildman–Crippen LogP) is 16.7. The minimum Gasteiger partial charge on any atom is -0.310 e. The number of benzene rings is 10. The van der Waals surface area contributed by atoms with Crippen molar-refractivity contribution in [2.75, 3.05) is 0 Å². The van der Waals surface area contributed by atoms with Crippen LogP contribution in [0.4, 0.5) is 0 Å². The number of nitriles is 2. The van der Waals surface area contributed by atoms with E-state index >= 15 is 0 Å². The molecule has 6 heteroatoms. The normalized spacial score (nSPS) is 12.1. The van der Waals surface area contributed by atoms with Crippen molar-refractivity contribution < 1.29 is 0 Å². The molecule has 332 valence electrons. The molecule has 0 amide bonds. The lowest BCUT2D eigenvalue weighted by Gasteiger charge is -2.17. The van der Waals surface area contributed by atoms with Crippen molar-refractivity contribution in [3.05, 3.63) is 223 Å². The number of hydrogen-bond donors (Lipinski definition) is 0. The first kappa shape index (κ1) is 40.4. The fraction of sp³-hybridized carbons (Fsp3) is 0.0462. The Morgan fingerprint density at radius 3 is 1.48 bits per heavy atom. The van der Waals surface area contributed by atoms with Gasteiger partial charge in [0.2, 0.25) is 0 Å². The third-order valence-electron chi connectivity index (χ3n) is 14.9. The zero-order chi connectivity index (χ0) is 47.5. The molecule has 0 saturated heterocycles. The summed E-state index contributed by atoms with van der Waals surface area (Å²) in [5.74, 6) is 0. The van der Waals surface area contributed by atoms with Gasteiger partial charge in [-0.3, -0.25) is 0 Å². The van der Waals surface area contributed by atoms with Gasteiger partial charge in [0.15, 0.2) is 0 Å². The molecule has 0 saturated carbocycles. The quantitative estimate of drug-likeness (QED) is 0.167. The van der Waals surface area contributed by atoms with Crippen LogP contribution in [0.2, 0.25) is 0 Å². The number of aromatic nitrogens is 4. The van der Waals surface area contributed by atoms with E-state index in [2.05, 4.69) is 238 Å². The molecule has 0 aliphatic rings. The van der Waals surface area contributed by atoms with E-state index in [0.717, 1.165) is 105 Å². The van der Waals surface area contributed by atoms with E-state index in [0.29, 0.717) is 22.5 Å². The largest absolute Gasteiger partial charge is 0.310 e. The van der Waals surface area contributed by atoms with Crippen molar-refractivity contribution >= 4 is 104 Å². The van der Waals surface area contributed by atoms with E-state index in [9.17, 15) is 10.5 Å². The van der Waals surface area contributed by atoms with Crippen LogP contribution in [-0.2, 0) is 0 Å². The molecular weight excluding hydrogens is 865 g/mol. The fourth-order valence-electron chi connectivity index (χ4n) is 11.9. The van der Waals surface area contributed by atoms with Gasteiger partial charge in [0.25, 0.3) is 0 Å². The minimum atomic E-state index is 0.414. The maximum Gasteiger partial charge on any atom is 0.104 e. The Kier molecular flexibility index (Phi) is 8.80. The summed E-state index contributed by atoms with van der Waals surface area (Å²) in [6.07, 6.45) is 5.41. The molecule has 4 heterocycles. The fourth-order valence-corrected chi connectivity index (χ4v) is 11.9. The van der Waals surface area contributed by atoms with Gasteiger partial charge in [-0.25, -0.2) is 0 Å². The molecule has 0 unspecified atom stereocenters. The van der Waals surface area contributed by atoms with Crippen LogP contribution in [0.25, 0.3) is 127 Å². The summed E-state index contributed by atoms with van der Waals surface area (Å²) in [7, 11) is 0. The van der Waals surface area contributed by atoms with E-state index in [-0.39, 0.29) is 0 Å². The SMILES string of the molecule is CC/C=C\c1c(C)c2ccccc2n1-c1ccc2c(c1)c1c3ccccc3ccc1n2-c1ccc(C#N)c(-n2c3ccc(-n4c5ccccc5c5ccccc54)cc3c3c4ccccc4ccc32)c1C#N. The van der Waals surface area contributed by atoms with Crippen LogP contribution in [0.5, 0.6) is 0 Å². The second-order valence-corrected chi connectivity index (χ2v) is 18.6. The molecule has 0 spiro atoms. The average Bonchev–Trinajstić information content (AvgIpc) is 4.14. The highest BCUT2D eigenvalue weighted by molar-refractivity contribution is 6.23. The van der Waals surface area contributed by atoms with Gasteiger partial charge in [-0.1, -0.05) is 128 Å². The molecule has 14 aromatic rings. The standard InChI is InChI=1S/C65H42N6/c1-3-4-22-54-40(2)46-17-9-12-23-55(46)68(54)44-29-34-58-51(36-44)63-47-18-7-5-15-41(47)26-32-61(63)70(58)60-31-28-43(38-66)65(53(60)39-67)71-59-35-30-45(37-52(59)64-48-19-8-6-16-42(48)27-33-62(64)71)69-56-24-13-10-20-49(56)50-21-11-14-25-57(50)69/h4-37H,3H2,1-2H3/b22-4-. The van der Waals surface area contributed by atoms with Crippen molar-refractivity contribution in [3.63, 3.8) is 0 Å². The summed E-state index contributed by atoms with van der Waals surface area (Å²) in [5.41, 5.74) is 13.8. The molecule has 0 N–H and O–H groups in total. The van der Waals surface area contributed by atoms with E-state index < -0.39 is 0 Å². The summed E-state index contributed by atoms with van der Waals surface area (Å²) >= 11 is 0. The first-order valence-electron chi connectivity index (χ1n) is 24.2. The molecule has 0 aliphatic carbocycles. The van der Waals surface area contributed by atoms with Gasteiger partial charge in [0.05, 0.1) is 55.6 Å². The minimum absolute atomic E-state index is 0.414. The summed E-state index contributed by atoms with van der Waals surface area (Å²) < 4.78 is 9.13. The van der Waals surface area contributed by atoms with Crippen LogP contribution in [-0.4, -0.2) is 18.3 Å². The molecular formula is C65H42N6. The van der Waals surface area contributed by atoms with Crippen molar-refractivity contribution in [3.8, 4) is 34.9 Å². The summed E-state index contributed by atoms with van der Waals surface area (Å²) in [4.78, 5) is 0. The number of hydrogen-bond acceptors (Lipinski definition) is 2. The van der Waals surface area contributed by atoms with Crippen LogP contribution in [0.1, 0.15) is 35.7 Å². The molecule has 0 fully saturated rings. The highest BCUT2D eigenvalue weighted by Crippen LogP contribution is 2.44. The summed E-state index contributed by atoms with van der Waals surface area (Å²) in [5, 5.41) is 35.2. The van der Waals surface area contributed by atoms with Crippen LogP contribution in [0.3, 0.4) is 0 Å². The zero-order valence-electron chi connectivity index (χ0n) is 39.0. The molecule has 0 bridgehead atoms. The lowest BCUT2D eigenvalue weighted by Crippen LogP contribution is -2.07. The maximum absolute atomic E-state index is 11.7. The number of rotatable bonds is 6. The number of fused-ring (bicyclic) bond motifs is 14. The Bertz CT molecular complexity index is 4670.